The van der Waals surface area contributed by atoms with Crippen LogP contribution in [-0.2, 0) is 0 Å². The van der Waals surface area contributed by atoms with Gasteiger partial charge in [-0.3, -0.25) is 4.99 Å². The minimum atomic E-state index is 0.436. The van der Waals surface area contributed by atoms with E-state index in [4.69, 9.17) is 4.42 Å². The molecule has 0 aliphatic rings. The second-order valence-corrected chi connectivity index (χ2v) is 5.41. The molecule has 2 rings (SSSR count). The van der Waals surface area contributed by atoms with Gasteiger partial charge in [-0.1, -0.05) is 30.9 Å². The van der Waals surface area contributed by atoms with Gasteiger partial charge in [0.15, 0.2) is 5.76 Å². The zero-order chi connectivity index (χ0) is 16.7. The lowest BCUT2D eigenvalue weighted by atomic mass is 10.2. The first-order chi connectivity index (χ1) is 11.2. The van der Waals surface area contributed by atoms with Gasteiger partial charge in [-0.2, -0.15) is 0 Å². The summed E-state index contributed by atoms with van der Waals surface area (Å²) in [5.41, 5.74) is 2.66. The van der Waals surface area contributed by atoms with E-state index in [1.54, 1.807) is 24.0 Å². The fraction of sp³-hybridized carbons (Fsp3) is 0.111. The van der Waals surface area contributed by atoms with Crippen LogP contribution in [0.15, 0.2) is 69.6 Å². The maximum Gasteiger partial charge on any atom is 0.299 e. The monoisotopic (exact) mass is 325 g/mol. The summed E-state index contributed by atoms with van der Waals surface area (Å²) in [7, 11) is 0. The Balaban J connectivity index is 2.23. The zero-order valence-electron chi connectivity index (χ0n) is 13.2. The Morgan fingerprint density at radius 2 is 2.26 bits per heavy atom. The molecule has 2 aromatic rings. The Morgan fingerprint density at radius 1 is 1.43 bits per heavy atom. The zero-order valence-corrected chi connectivity index (χ0v) is 14.1. The molecule has 1 N–H and O–H groups in total. The van der Waals surface area contributed by atoms with Crippen LogP contribution >= 0.6 is 11.8 Å². The summed E-state index contributed by atoms with van der Waals surface area (Å²) in [6.45, 7) is 9.24. The molecule has 0 saturated heterocycles. The second kappa shape index (κ2) is 8.19. The van der Waals surface area contributed by atoms with Crippen molar-refractivity contribution in [1.29, 1.82) is 0 Å². The highest BCUT2D eigenvalue weighted by atomic mass is 32.2. The third kappa shape index (κ3) is 4.23. The van der Waals surface area contributed by atoms with Gasteiger partial charge in [-0.25, -0.2) is 4.98 Å². The minimum absolute atomic E-state index is 0.436. The normalized spacial score (nSPS) is 11.7. The van der Waals surface area contributed by atoms with Gasteiger partial charge in [0.25, 0.3) is 6.01 Å². The molecule has 5 heteroatoms. The second-order valence-electron chi connectivity index (χ2n) is 4.56. The van der Waals surface area contributed by atoms with Crippen molar-refractivity contribution in [2.24, 2.45) is 4.99 Å². The molecule has 0 atom stereocenters. The van der Waals surface area contributed by atoms with Crippen LogP contribution in [-0.4, -0.2) is 18.0 Å². The molecule has 0 amide bonds. The molecule has 4 nitrogen and oxygen atoms in total. The van der Waals surface area contributed by atoms with Gasteiger partial charge >= 0.3 is 0 Å². The molecule has 1 aromatic carbocycles. The molecule has 0 unspecified atom stereocenters. The molecule has 0 radical (unpaired) electrons. The van der Waals surface area contributed by atoms with Crippen LogP contribution in [0.25, 0.3) is 5.57 Å². The maximum atomic E-state index is 5.75. The Bertz CT molecular complexity index is 759. The molecule has 0 spiro atoms. The summed E-state index contributed by atoms with van der Waals surface area (Å²) in [6.07, 6.45) is 11.2. The molecule has 1 aromatic heterocycles. The van der Waals surface area contributed by atoms with Gasteiger partial charge in [-0.15, -0.1) is 11.8 Å². The summed E-state index contributed by atoms with van der Waals surface area (Å²) in [5.74, 6) is 0.681. The van der Waals surface area contributed by atoms with Gasteiger partial charge in [0, 0.05) is 16.2 Å². The predicted octanol–water partition coefficient (Wildman–Crippen LogP) is 5.62. The standard InChI is InChI=1S/C18H19N3OS/c1-5-7-13(8-6-2)16-12-20-18(22-16)21-14-9-10-15(19-3)17(11-14)23-4/h5-12H,1,3H2,2,4H3,(H,20,21)/b8-6-,13-7+. The van der Waals surface area contributed by atoms with E-state index in [-0.39, 0.29) is 0 Å². The van der Waals surface area contributed by atoms with Gasteiger partial charge in [0.05, 0.1) is 11.9 Å². The van der Waals surface area contributed by atoms with Crippen molar-refractivity contribution in [3.05, 3.63) is 61.0 Å². The molecular weight excluding hydrogens is 306 g/mol. The largest absolute Gasteiger partial charge is 0.423 e. The lowest BCUT2D eigenvalue weighted by molar-refractivity contribution is 0.565. The number of hydrogen-bond acceptors (Lipinski definition) is 5. The lowest BCUT2D eigenvalue weighted by Crippen LogP contribution is -1.90. The van der Waals surface area contributed by atoms with Crippen molar-refractivity contribution in [2.45, 2.75) is 11.8 Å². The quantitative estimate of drug-likeness (QED) is 0.408. The predicted molar refractivity (Wildman–Crippen MR) is 100 cm³/mol. The van der Waals surface area contributed by atoms with Gasteiger partial charge in [-0.05, 0) is 38.1 Å². The molecule has 23 heavy (non-hydrogen) atoms. The van der Waals surface area contributed by atoms with Crippen molar-refractivity contribution in [2.75, 3.05) is 11.6 Å². The molecule has 0 aliphatic heterocycles. The highest BCUT2D eigenvalue weighted by molar-refractivity contribution is 7.98. The molecular formula is C18H19N3OS. The summed E-state index contributed by atoms with van der Waals surface area (Å²) in [6, 6.07) is 6.25. The van der Waals surface area contributed by atoms with Crippen molar-refractivity contribution >= 4 is 41.4 Å². The minimum Gasteiger partial charge on any atom is -0.423 e. The third-order valence-corrected chi connectivity index (χ3v) is 3.80. The first-order valence-corrected chi connectivity index (χ1v) is 8.27. The summed E-state index contributed by atoms with van der Waals surface area (Å²) >= 11 is 1.61. The van der Waals surface area contributed by atoms with E-state index in [1.807, 2.05) is 49.6 Å². The van der Waals surface area contributed by atoms with Crippen molar-refractivity contribution in [3.8, 4) is 0 Å². The Kier molecular flexibility index (Phi) is 6.00. The van der Waals surface area contributed by atoms with E-state index in [0.29, 0.717) is 11.8 Å². The number of hydrogen-bond donors (Lipinski definition) is 1. The summed E-state index contributed by atoms with van der Waals surface area (Å²) in [5, 5.41) is 3.16. The number of aromatic nitrogens is 1. The van der Waals surface area contributed by atoms with Gasteiger partial charge in [0.1, 0.15) is 0 Å². The Labute approximate surface area is 140 Å². The van der Waals surface area contributed by atoms with Crippen LogP contribution in [0.4, 0.5) is 17.4 Å². The first kappa shape index (κ1) is 16.8. The Morgan fingerprint density at radius 3 is 2.91 bits per heavy atom. The van der Waals surface area contributed by atoms with E-state index in [0.717, 1.165) is 21.8 Å². The average molecular weight is 325 g/mol. The fourth-order valence-electron chi connectivity index (χ4n) is 2.00. The molecule has 0 fully saturated rings. The first-order valence-electron chi connectivity index (χ1n) is 7.05. The molecule has 118 valence electrons. The smallest absolute Gasteiger partial charge is 0.299 e. The number of allylic oxidation sites excluding steroid dienone is 5. The van der Waals surface area contributed by atoms with E-state index >= 15 is 0 Å². The van der Waals surface area contributed by atoms with E-state index in [9.17, 15) is 0 Å². The van der Waals surface area contributed by atoms with Crippen molar-refractivity contribution in [3.63, 3.8) is 0 Å². The number of aliphatic imine (C=N–C) groups is 1. The number of oxazole rings is 1. The average Bonchev–Trinajstić information content (AvgIpc) is 3.03. The number of benzene rings is 1. The van der Waals surface area contributed by atoms with E-state index in [1.165, 1.54) is 0 Å². The summed E-state index contributed by atoms with van der Waals surface area (Å²) < 4.78 is 5.75. The highest BCUT2D eigenvalue weighted by Gasteiger charge is 2.08. The number of anilines is 2. The number of nitrogens with one attached hydrogen (secondary N) is 1. The highest BCUT2D eigenvalue weighted by Crippen LogP contribution is 2.31. The van der Waals surface area contributed by atoms with Crippen LogP contribution in [0.2, 0.25) is 0 Å². The number of thioether (sulfide) groups is 1. The van der Waals surface area contributed by atoms with Crippen molar-refractivity contribution in [1.82, 2.24) is 4.98 Å². The molecule has 0 bridgehead atoms. The van der Waals surface area contributed by atoms with Crippen LogP contribution in [0.5, 0.6) is 0 Å². The van der Waals surface area contributed by atoms with Gasteiger partial charge in [0.2, 0.25) is 0 Å². The fourth-order valence-corrected chi connectivity index (χ4v) is 2.59. The van der Waals surface area contributed by atoms with Crippen molar-refractivity contribution < 1.29 is 4.42 Å². The maximum absolute atomic E-state index is 5.75. The van der Waals surface area contributed by atoms with Crippen LogP contribution in [0.3, 0.4) is 0 Å². The SMILES string of the molecule is C=C/C=C(\C=C/C)c1cnc(Nc2ccc(N=C)c(SC)c2)o1. The lowest BCUT2D eigenvalue weighted by Gasteiger charge is -2.06. The number of nitrogens with zero attached hydrogens (tertiary/aromatic N) is 2. The molecule has 0 aliphatic carbocycles. The van der Waals surface area contributed by atoms with Crippen LogP contribution in [0.1, 0.15) is 12.7 Å². The molecule has 1 heterocycles. The topological polar surface area (TPSA) is 50.4 Å². The van der Waals surface area contributed by atoms with Crippen LogP contribution < -0.4 is 5.32 Å². The molecule has 0 saturated carbocycles. The van der Waals surface area contributed by atoms with E-state index in [2.05, 4.69) is 28.6 Å². The number of rotatable bonds is 7. The summed E-state index contributed by atoms with van der Waals surface area (Å²) in [4.78, 5) is 9.30. The third-order valence-electron chi connectivity index (χ3n) is 3.04. The Hall–Kier alpha value is -2.53. The van der Waals surface area contributed by atoms with E-state index < -0.39 is 0 Å². The van der Waals surface area contributed by atoms with Crippen LogP contribution in [0, 0.1) is 0 Å². The van der Waals surface area contributed by atoms with Gasteiger partial charge < -0.3 is 9.73 Å².